The summed E-state index contributed by atoms with van der Waals surface area (Å²) in [6.07, 6.45) is 5.36. The molecule has 2 aliphatic heterocycles. The van der Waals surface area contributed by atoms with Crippen LogP contribution in [0.1, 0.15) is 45.4 Å². The molecule has 0 unspecified atom stereocenters. The van der Waals surface area contributed by atoms with E-state index in [1.54, 1.807) is 6.92 Å². The summed E-state index contributed by atoms with van der Waals surface area (Å²) in [6.45, 7) is 6.31. The van der Waals surface area contributed by atoms with Crippen molar-refractivity contribution in [2.24, 2.45) is 11.8 Å². The van der Waals surface area contributed by atoms with Crippen molar-refractivity contribution in [1.29, 1.82) is 0 Å². The van der Waals surface area contributed by atoms with Crippen LogP contribution in [0, 0.1) is 11.8 Å². The molecule has 1 amide bonds. The highest BCUT2D eigenvalue weighted by atomic mass is 16.5. The molecule has 5 nitrogen and oxygen atoms in total. The van der Waals surface area contributed by atoms with Crippen LogP contribution in [0.3, 0.4) is 0 Å². The lowest BCUT2D eigenvalue weighted by atomic mass is 9.79. The Balaban J connectivity index is 1.68. The van der Waals surface area contributed by atoms with Crippen molar-refractivity contribution in [1.82, 2.24) is 9.80 Å². The molecule has 2 fully saturated rings. The van der Waals surface area contributed by atoms with Gasteiger partial charge in [-0.25, -0.2) is 0 Å². The van der Waals surface area contributed by atoms with E-state index in [0.29, 0.717) is 6.61 Å². The van der Waals surface area contributed by atoms with Crippen LogP contribution < -0.4 is 0 Å². The zero-order chi connectivity index (χ0) is 15.9. The number of piperidine rings is 2. The maximum absolute atomic E-state index is 12.1. The molecule has 22 heavy (non-hydrogen) atoms. The first-order chi connectivity index (χ1) is 10.6. The standard InChI is InChI=1S/C17H30N2O3/c1-3-22-17(21)5-4-16(20)19-12-8-15(9-13-19)14-6-10-18(2)11-7-14/h14-15H,3-13H2,1-2H3. The van der Waals surface area contributed by atoms with Crippen LogP contribution in [0.2, 0.25) is 0 Å². The summed E-state index contributed by atoms with van der Waals surface area (Å²) in [5.41, 5.74) is 0. The number of carbonyl (C=O) groups excluding carboxylic acids is 2. The highest BCUT2D eigenvalue weighted by Gasteiger charge is 2.30. The first-order valence-corrected chi connectivity index (χ1v) is 8.72. The Morgan fingerprint density at radius 1 is 0.955 bits per heavy atom. The molecule has 0 N–H and O–H groups in total. The number of hydrogen-bond acceptors (Lipinski definition) is 4. The molecular weight excluding hydrogens is 280 g/mol. The van der Waals surface area contributed by atoms with Gasteiger partial charge in [-0.15, -0.1) is 0 Å². The minimum Gasteiger partial charge on any atom is -0.466 e. The van der Waals surface area contributed by atoms with Crippen molar-refractivity contribution >= 4 is 11.9 Å². The van der Waals surface area contributed by atoms with Gasteiger partial charge in [0.2, 0.25) is 5.91 Å². The van der Waals surface area contributed by atoms with Gasteiger partial charge in [-0.2, -0.15) is 0 Å². The monoisotopic (exact) mass is 310 g/mol. The van der Waals surface area contributed by atoms with E-state index in [2.05, 4.69) is 11.9 Å². The van der Waals surface area contributed by atoms with E-state index in [0.717, 1.165) is 37.8 Å². The second kappa shape index (κ2) is 8.51. The fraction of sp³-hybridized carbons (Fsp3) is 0.882. The van der Waals surface area contributed by atoms with Crippen LogP contribution in [0.4, 0.5) is 0 Å². The van der Waals surface area contributed by atoms with Gasteiger partial charge in [0.25, 0.3) is 0 Å². The van der Waals surface area contributed by atoms with Gasteiger partial charge in [0, 0.05) is 19.5 Å². The molecule has 0 aromatic carbocycles. The fourth-order valence-electron chi connectivity index (χ4n) is 3.72. The van der Waals surface area contributed by atoms with Crippen LogP contribution in [0.15, 0.2) is 0 Å². The smallest absolute Gasteiger partial charge is 0.306 e. The van der Waals surface area contributed by atoms with E-state index < -0.39 is 0 Å². The molecule has 0 radical (unpaired) electrons. The Kier molecular flexibility index (Phi) is 6.68. The molecular formula is C17H30N2O3. The largest absolute Gasteiger partial charge is 0.466 e. The van der Waals surface area contributed by atoms with Crippen molar-refractivity contribution in [3.05, 3.63) is 0 Å². The predicted molar refractivity (Wildman–Crippen MR) is 85.4 cm³/mol. The summed E-state index contributed by atoms with van der Waals surface area (Å²) in [4.78, 5) is 27.8. The van der Waals surface area contributed by atoms with Gasteiger partial charge in [0.05, 0.1) is 13.0 Å². The molecule has 5 heteroatoms. The first kappa shape index (κ1) is 17.3. The van der Waals surface area contributed by atoms with Crippen LogP contribution >= 0.6 is 0 Å². The zero-order valence-electron chi connectivity index (χ0n) is 14.1. The van der Waals surface area contributed by atoms with E-state index in [4.69, 9.17) is 4.74 Å². The highest BCUT2D eigenvalue weighted by molar-refractivity contribution is 5.81. The normalized spacial score (nSPS) is 21.8. The predicted octanol–water partition coefficient (Wildman–Crippen LogP) is 1.91. The van der Waals surface area contributed by atoms with Gasteiger partial charge in [-0.3, -0.25) is 9.59 Å². The molecule has 2 rings (SSSR count). The molecule has 0 spiro atoms. The maximum Gasteiger partial charge on any atom is 0.306 e. The molecule has 2 saturated heterocycles. The molecule has 126 valence electrons. The average molecular weight is 310 g/mol. The summed E-state index contributed by atoms with van der Waals surface area (Å²) < 4.78 is 4.87. The second-order valence-corrected chi connectivity index (χ2v) is 6.66. The number of likely N-dealkylation sites (tertiary alicyclic amines) is 2. The number of carbonyl (C=O) groups is 2. The number of esters is 1. The van der Waals surface area contributed by atoms with Gasteiger partial charge in [-0.1, -0.05) is 0 Å². The van der Waals surface area contributed by atoms with Gasteiger partial charge in [0.15, 0.2) is 0 Å². The number of nitrogens with zero attached hydrogens (tertiary/aromatic N) is 2. The minimum absolute atomic E-state index is 0.106. The van der Waals surface area contributed by atoms with E-state index >= 15 is 0 Å². The molecule has 2 aliphatic rings. The maximum atomic E-state index is 12.1. The zero-order valence-corrected chi connectivity index (χ0v) is 14.1. The third kappa shape index (κ3) is 4.97. The molecule has 2 heterocycles. The van der Waals surface area contributed by atoms with Crippen LogP contribution in [0.25, 0.3) is 0 Å². The number of amides is 1. The third-order valence-corrected chi connectivity index (χ3v) is 5.17. The van der Waals surface area contributed by atoms with E-state index in [1.165, 1.54) is 25.9 Å². The highest BCUT2D eigenvalue weighted by Crippen LogP contribution is 2.32. The molecule has 0 bridgehead atoms. The topological polar surface area (TPSA) is 49.9 Å². The quantitative estimate of drug-likeness (QED) is 0.728. The number of rotatable bonds is 5. The Bertz CT molecular complexity index is 370. The van der Waals surface area contributed by atoms with Crippen LogP contribution in [0.5, 0.6) is 0 Å². The summed E-state index contributed by atoms with van der Waals surface area (Å²) in [5.74, 6) is 1.46. The number of hydrogen-bond donors (Lipinski definition) is 0. The first-order valence-electron chi connectivity index (χ1n) is 8.72. The fourth-order valence-corrected chi connectivity index (χ4v) is 3.72. The van der Waals surface area contributed by atoms with Crippen molar-refractivity contribution in [2.45, 2.75) is 45.4 Å². The van der Waals surface area contributed by atoms with Crippen molar-refractivity contribution in [3.8, 4) is 0 Å². The van der Waals surface area contributed by atoms with Crippen LogP contribution in [-0.2, 0) is 14.3 Å². The van der Waals surface area contributed by atoms with Crippen molar-refractivity contribution < 1.29 is 14.3 Å². The van der Waals surface area contributed by atoms with Crippen LogP contribution in [-0.4, -0.2) is 61.5 Å². The van der Waals surface area contributed by atoms with Crippen molar-refractivity contribution in [2.75, 3.05) is 39.8 Å². The van der Waals surface area contributed by atoms with Gasteiger partial charge in [0.1, 0.15) is 0 Å². The summed E-state index contributed by atoms with van der Waals surface area (Å²) in [7, 11) is 2.20. The Morgan fingerprint density at radius 3 is 2.05 bits per heavy atom. The molecule has 0 aliphatic carbocycles. The van der Waals surface area contributed by atoms with Gasteiger partial charge < -0.3 is 14.5 Å². The second-order valence-electron chi connectivity index (χ2n) is 6.66. The molecule has 0 saturated carbocycles. The van der Waals surface area contributed by atoms with Gasteiger partial charge >= 0.3 is 5.97 Å². The average Bonchev–Trinajstić information content (AvgIpc) is 2.54. The lowest BCUT2D eigenvalue weighted by Gasteiger charge is -2.39. The SMILES string of the molecule is CCOC(=O)CCC(=O)N1CCC(C2CCN(C)CC2)CC1. The third-order valence-electron chi connectivity index (χ3n) is 5.17. The number of ether oxygens (including phenoxy) is 1. The summed E-state index contributed by atoms with van der Waals surface area (Å²) in [6, 6.07) is 0. The lowest BCUT2D eigenvalue weighted by Crippen LogP contribution is -2.42. The van der Waals surface area contributed by atoms with E-state index in [1.807, 2.05) is 4.90 Å². The van der Waals surface area contributed by atoms with E-state index in [9.17, 15) is 9.59 Å². The van der Waals surface area contributed by atoms with E-state index in [-0.39, 0.29) is 24.7 Å². The lowest BCUT2D eigenvalue weighted by molar-refractivity contribution is -0.146. The van der Waals surface area contributed by atoms with Gasteiger partial charge in [-0.05, 0) is 64.6 Å². The molecule has 0 aromatic heterocycles. The summed E-state index contributed by atoms with van der Waals surface area (Å²) >= 11 is 0. The Labute approximate surface area is 134 Å². The minimum atomic E-state index is -0.267. The Hall–Kier alpha value is -1.10. The molecule has 0 atom stereocenters. The summed E-state index contributed by atoms with van der Waals surface area (Å²) in [5, 5.41) is 0. The Morgan fingerprint density at radius 2 is 1.50 bits per heavy atom. The van der Waals surface area contributed by atoms with Crippen molar-refractivity contribution in [3.63, 3.8) is 0 Å². The molecule has 0 aromatic rings.